The maximum absolute atomic E-state index is 13.6. The molecule has 134 valence electrons. The normalized spacial score (nSPS) is 11.5. The highest BCUT2D eigenvalue weighted by Gasteiger charge is 2.34. The SMILES string of the molecule is FC(F)(F)c1cc(-c2nc(-c3ccccc3)no2)ccc1-c1ccccc1. The van der Waals surface area contributed by atoms with Crippen molar-refractivity contribution < 1.29 is 17.7 Å². The van der Waals surface area contributed by atoms with Crippen LogP contribution in [0.5, 0.6) is 0 Å². The Morgan fingerprint density at radius 1 is 0.704 bits per heavy atom. The minimum atomic E-state index is -4.51. The molecular formula is C21H13F3N2O. The smallest absolute Gasteiger partial charge is 0.334 e. The summed E-state index contributed by atoms with van der Waals surface area (Å²) in [5, 5.41) is 3.87. The lowest BCUT2D eigenvalue weighted by Crippen LogP contribution is -2.07. The van der Waals surface area contributed by atoms with Crippen molar-refractivity contribution >= 4 is 0 Å². The van der Waals surface area contributed by atoms with Crippen LogP contribution in [0.15, 0.2) is 83.4 Å². The molecule has 1 aromatic heterocycles. The zero-order valence-corrected chi connectivity index (χ0v) is 13.9. The molecule has 4 rings (SSSR count). The first-order chi connectivity index (χ1) is 13.0. The molecule has 0 atom stereocenters. The lowest BCUT2D eigenvalue weighted by atomic mass is 9.97. The fraction of sp³-hybridized carbons (Fsp3) is 0.0476. The Hall–Kier alpha value is -3.41. The van der Waals surface area contributed by atoms with E-state index in [0.717, 1.165) is 11.6 Å². The van der Waals surface area contributed by atoms with E-state index in [4.69, 9.17) is 4.52 Å². The van der Waals surface area contributed by atoms with Gasteiger partial charge in [0.2, 0.25) is 5.82 Å². The summed E-state index contributed by atoms with van der Waals surface area (Å²) in [6, 6.07) is 21.6. The van der Waals surface area contributed by atoms with Gasteiger partial charge in [-0.05, 0) is 23.3 Å². The van der Waals surface area contributed by atoms with Gasteiger partial charge in [0.25, 0.3) is 5.89 Å². The highest BCUT2D eigenvalue weighted by molar-refractivity contribution is 5.72. The van der Waals surface area contributed by atoms with Gasteiger partial charge in [0.15, 0.2) is 0 Å². The van der Waals surface area contributed by atoms with Gasteiger partial charge in [-0.25, -0.2) is 0 Å². The van der Waals surface area contributed by atoms with Crippen LogP contribution in [0.4, 0.5) is 13.2 Å². The van der Waals surface area contributed by atoms with E-state index in [1.54, 1.807) is 48.5 Å². The summed E-state index contributed by atoms with van der Waals surface area (Å²) in [6.07, 6.45) is -4.51. The van der Waals surface area contributed by atoms with E-state index in [1.807, 2.05) is 18.2 Å². The lowest BCUT2D eigenvalue weighted by molar-refractivity contribution is -0.137. The molecule has 4 aromatic rings. The molecule has 0 fully saturated rings. The monoisotopic (exact) mass is 366 g/mol. The summed E-state index contributed by atoms with van der Waals surface area (Å²) >= 11 is 0. The molecule has 0 radical (unpaired) electrons. The molecular weight excluding hydrogens is 353 g/mol. The van der Waals surface area contributed by atoms with E-state index < -0.39 is 11.7 Å². The molecule has 0 saturated carbocycles. The molecule has 0 aliphatic carbocycles. The maximum Gasteiger partial charge on any atom is 0.417 e. The van der Waals surface area contributed by atoms with E-state index in [0.29, 0.717) is 11.4 Å². The minimum Gasteiger partial charge on any atom is -0.334 e. The second-order valence-corrected chi connectivity index (χ2v) is 5.91. The number of halogens is 3. The van der Waals surface area contributed by atoms with E-state index in [2.05, 4.69) is 10.1 Å². The fourth-order valence-electron chi connectivity index (χ4n) is 2.83. The Kier molecular flexibility index (Phi) is 4.24. The van der Waals surface area contributed by atoms with Gasteiger partial charge in [0.05, 0.1) is 5.56 Å². The van der Waals surface area contributed by atoms with Crippen molar-refractivity contribution in [2.45, 2.75) is 6.18 Å². The van der Waals surface area contributed by atoms with Crippen molar-refractivity contribution in [3.63, 3.8) is 0 Å². The van der Waals surface area contributed by atoms with Crippen LogP contribution in [0.25, 0.3) is 34.0 Å². The third-order valence-corrected chi connectivity index (χ3v) is 4.11. The minimum absolute atomic E-state index is 0.0407. The number of hydrogen-bond acceptors (Lipinski definition) is 3. The molecule has 0 saturated heterocycles. The van der Waals surface area contributed by atoms with Gasteiger partial charge in [-0.15, -0.1) is 0 Å². The summed E-state index contributed by atoms with van der Waals surface area (Å²) in [7, 11) is 0. The largest absolute Gasteiger partial charge is 0.417 e. The van der Waals surface area contributed by atoms with Crippen molar-refractivity contribution in [3.05, 3.63) is 84.4 Å². The van der Waals surface area contributed by atoms with Crippen LogP contribution in [0.1, 0.15) is 5.56 Å². The van der Waals surface area contributed by atoms with Crippen LogP contribution < -0.4 is 0 Å². The molecule has 0 aliphatic heterocycles. The second-order valence-electron chi connectivity index (χ2n) is 5.91. The van der Waals surface area contributed by atoms with E-state index in [-0.39, 0.29) is 17.0 Å². The number of alkyl halides is 3. The van der Waals surface area contributed by atoms with Crippen LogP contribution in [-0.4, -0.2) is 10.1 Å². The Morgan fingerprint density at radius 2 is 1.33 bits per heavy atom. The van der Waals surface area contributed by atoms with Gasteiger partial charge in [0, 0.05) is 11.1 Å². The van der Waals surface area contributed by atoms with Gasteiger partial charge in [-0.2, -0.15) is 18.2 Å². The topological polar surface area (TPSA) is 38.9 Å². The van der Waals surface area contributed by atoms with Crippen LogP contribution in [0.3, 0.4) is 0 Å². The number of aromatic nitrogens is 2. The summed E-state index contributed by atoms with van der Waals surface area (Å²) < 4.78 is 46.1. The lowest BCUT2D eigenvalue weighted by Gasteiger charge is -2.14. The Labute approximate surface area is 153 Å². The van der Waals surface area contributed by atoms with Crippen LogP contribution in [0, 0.1) is 0 Å². The first-order valence-corrected chi connectivity index (χ1v) is 8.18. The number of rotatable bonds is 3. The zero-order chi connectivity index (χ0) is 18.9. The van der Waals surface area contributed by atoms with Gasteiger partial charge >= 0.3 is 6.18 Å². The summed E-state index contributed by atoms with van der Waals surface area (Å²) in [5.41, 5.74) is 0.799. The maximum atomic E-state index is 13.6. The molecule has 3 nitrogen and oxygen atoms in total. The molecule has 0 bridgehead atoms. The van der Waals surface area contributed by atoms with Crippen LogP contribution in [-0.2, 0) is 6.18 Å². The Balaban J connectivity index is 1.78. The number of benzene rings is 3. The average molecular weight is 366 g/mol. The molecule has 3 aromatic carbocycles. The third-order valence-electron chi connectivity index (χ3n) is 4.11. The van der Waals surface area contributed by atoms with Crippen LogP contribution in [0.2, 0.25) is 0 Å². The summed E-state index contributed by atoms with van der Waals surface area (Å²) in [6.45, 7) is 0. The molecule has 1 heterocycles. The highest BCUT2D eigenvalue weighted by atomic mass is 19.4. The predicted molar refractivity (Wildman–Crippen MR) is 95.6 cm³/mol. The molecule has 27 heavy (non-hydrogen) atoms. The average Bonchev–Trinajstić information content (AvgIpc) is 3.18. The predicted octanol–water partition coefficient (Wildman–Crippen LogP) is 6.09. The summed E-state index contributed by atoms with van der Waals surface area (Å²) in [5.74, 6) is 0.366. The third kappa shape index (κ3) is 3.46. The van der Waals surface area contributed by atoms with Crippen molar-refractivity contribution in [1.29, 1.82) is 0 Å². The van der Waals surface area contributed by atoms with E-state index in [9.17, 15) is 13.2 Å². The first kappa shape index (κ1) is 17.0. The molecule has 6 heteroatoms. The fourth-order valence-corrected chi connectivity index (χ4v) is 2.83. The van der Waals surface area contributed by atoms with Crippen molar-refractivity contribution in [1.82, 2.24) is 10.1 Å². The number of nitrogens with zero attached hydrogens (tertiary/aromatic N) is 2. The Bertz CT molecular complexity index is 1060. The Morgan fingerprint density at radius 3 is 1.96 bits per heavy atom. The molecule has 0 N–H and O–H groups in total. The quantitative estimate of drug-likeness (QED) is 0.440. The van der Waals surface area contributed by atoms with Gasteiger partial charge in [-0.3, -0.25) is 0 Å². The van der Waals surface area contributed by atoms with E-state index in [1.165, 1.54) is 6.07 Å². The van der Waals surface area contributed by atoms with Gasteiger partial charge < -0.3 is 4.52 Å². The van der Waals surface area contributed by atoms with Gasteiger partial charge in [-0.1, -0.05) is 71.9 Å². The van der Waals surface area contributed by atoms with Crippen LogP contribution >= 0.6 is 0 Å². The van der Waals surface area contributed by atoms with Crippen molar-refractivity contribution in [2.75, 3.05) is 0 Å². The van der Waals surface area contributed by atoms with Crippen molar-refractivity contribution in [2.24, 2.45) is 0 Å². The van der Waals surface area contributed by atoms with E-state index >= 15 is 0 Å². The van der Waals surface area contributed by atoms with Gasteiger partial charge in [0.1, 0.15) is 0 Å². The first-order valence-electron chi connectivity index (χ1n) is 8.18. The highest BCUT2D eigenvalue weighted by Crippen LogP contribution is 2.39. The standard InChI is InChI=1S/C21H13F3N2O/c22-21(23,24)18-13-16(11-12-17(18)14-7-3-1-4-8-14)20-25-19(26-27-20)15-9-5-2-6-10-15/h1-13H. The number of hydrogen-bond donors (Lipinski definition) is 0. The molecule has 0 unspecified atom stereocenters. The summed E-state index contributed by atoms with van der Waals surface area (Å²) in [4.78, 5) is 4.23. The molecule has 0 spiro atoms. The second kappa shape index (κ2) is 6.72. The molecule has 0 amide bonds. The molecule has 0 aliphatic rings. The zero-order valence-electron chi connectivity index (χ0n) is 13.9. The van der Waals surface area contributed by atoms with Crippen molar-refractivity contribution in [3.8, 4) is 34.0 Å².